The lowest BCUT2D eigenvalue weighted by atomic mass is 9.90. The first-order valence-corrected chi connectivity index (χ1v) is 7.35. The summed E-state index contributed by atoms with van der Waals surface area (Å²) in [6, 6.07) is 7.86. The normalized spacial score (nSPS) is 16.2. The molecule has 0 aliphatic heterocycles. The molecule has 1 aromatic carbocycles. The monoisotopic (exact) mass is 272 g/mol. The molecule has 2 aromatic rings. The number of ether oxygens (including phenoxy) is 1. The predicted molar refractivity (Wildman–Crippen MR) is 76.5 cm³/mol. The van der Waals surface area contributed by atoms with Gasteiger partial charge in [-0.1, -0.05) is 24.4 Å². The van der Waals surface area contributed by atoms with Crippen molar-refractivity contribution in [2.45, 2.75) is 39.0 Å². The summed E-state index contributed by atoms with van der Waals surface area (Å²) in [5, 5.41) is 3.80. The van der Waals surface area contributed by atoms with Crippen LogP contribution in [0.15, 0.2) is 28.8 Å². The molecule has 1 heterocycles. The quantitative estimate of drug-likeness (QED) is 0.844. The van der Waals surface area contributed by atoms with Crippen LogP contribution in [0.3, 0.4) is 0 Å². The number of benzene rings is 1. The van der Waals surface area contributed by atoms with Gasteiger partial charge in [0.2, 0.25) is 0 Å². The van der Waals surface area contributed by atoms with E-state index < -0.39 is 0 Å². The molecule has 106 valence electrons. The van der Waals surface area contributed by atoms with Crippen molar-refractivity contribution in [1.29, 1.82) is 0 Å². The van der Waals surface area contributed by atoms with Gasteiger partial charge in [0.1, 0.15) is 5.75 Å². The second-order valence-electron chi connectivity index (χ2n) is 5.49. The van der Waals surface area contributed by atoms with Crippen molar-refractivity contribution in [3.05, 3.63) is 30.1 Å². The van der Waals surface area contributed by atoms with Crippen LogP contribution in [-0.2, 0) is 0 Å². The molecule has 0 unspecified atom stereocenters. The smallest absolute Gasteiger partial charge is 0.257 e. The Labute approximate surface area is 119 Å². The van der Waals surface area contributed by atoms with Gasteiger partial charge in [-0.15, -0.1) is 0 Å². The molecule has 4 heteroatoms. The van der Waals surface area contributed by atoms with Gasteiger partial charge in [0, 0.05) is 5.56 Å². The Morgan fingerprint density at radius 2 is 1.90 bits per heavy atom. The lowest BCUT2D eigenvalue weighted by Gasteiger charge is -2.21. The van der Waals surface area contributed by atoms with E-state index in [1.54, 1.807) is 0 Å². The maximum absolute atomic E-state index is 5.87. The third kappa shape index (κ3) is 3.18. The third-order valence-electron chi connectivity index (χ3n) is 3.84. The van der Waals surface area contributed by atoms with E-state index in [1.807, 2.05) is 31.2 Å². The first-order valence-electron chi connectivity index (χ1n) is 7.35. The number of rotatable bonds is 4. The van der Waals surface area contributed by atoms with Gasteiger partial charge in [-0.3, -0.25) is 0 Å². The van der Waals surface area contributed by atoms with E-state index in [0.717, 1.165) is 23.8 Å². The maximum Gasteiger partial charge on any atom is 0.257 e. The molecule has 0 atom stereocenters. The zero-order valence-corrected chi connectivity index (χ0v) is 11.8. The Hall–Kier alpha value is -1.84. The molecule has 20 heavy (non-hydrogen) atoms. The van der Waals surface area contributed by atoms with Crippen molar-refractivity contribution in [1.82, 2.24) is 10.1 Å². The van der Waals surface area contributed by atoms with Crippen LogP contribution in [0.1, 0.15) is 37.9 Å². The number of hydrogen-bond acceptors (Lipinski definition) is 4. The van der Waals surface area contributed by atoms with E-state index >= 15 is 0 Å². The molecule has 1 aliphatic rings. The number of hydrogen-bond donors (Lipinski definition) is 0. The summed E-state index contributed by atoms with van der Waals surface area (Å²) in [5.41, 5.74) is 0.926. The number of aromatic nitrogens is 2. The van der Waals surface area contributed by atoms with E-state index in [1.165, 1.54) is 32.1 Å². The van der Waals surface area contributed by atoms with E-state index in [9.17, 15) is 0 Å². The Balaban J connectivity index is 1.58. The highest BCUT2D eigenvalue weighted by atomic mass is 16.5. The van der Waals surface area contributed by atoms with Crippen LogP contribution in [0.2, 0.25) is 0 Å². The minimum atomic E-state index is 0.557. The van der Waals surface area contributed by atoms with Gasteiger partial charge in [0.05, 0.1) is 6.61 Å². The van der Waals surface area contributed by atoms with Crippen LogP contribution in [0.4, 0.5) is 0 Å². The largest absolute Gasteiger partial charge is 0.493 e. The SMILES string of the molecule is Cc1noc(-c2ccc(OCC3CCCCC3)cc2)n1. The molecule has 1 saturated carbocycles. The van der Waals surface area contributed by atoms with E-state index in [0.29, 0.717) is 11.7 Å². The van der Waals surface area contributed by atoms with Crippen molar-refractivity contribution in [2.24, 2.45) is 5.92 Å². The van der Waals surface area contributed by atoms with Crippen molar-refractivity contribution < 1.29 is 9.26 Å². The van der Waals surface area contributed by atoms with Gasteiger partial charge in [-0.25, -0.2) is 0 Å². The zero-order valence-electron chi connectivity index (χ0n) is 11.8. The molecule has 1 aliphatic carbocycles. The molecule has 1 aromatic heterocycles. The lowest BCUT2D eigenvalue weighted by Crippen LogP contribution is -2.15. The summed E-state index contributed by atoms with van der Waals surface area (Å²) in [6.07, 6.45) is 6.69. The van der Waals surface area contributed by atoms with Gasteiger partial charge in [0.15, 0.2) is 5.82 Å². The topological polar surface area (TPSA) is 48.2 Å². The average Bonchev–Trinajstić information content (AvgIpc) is 2.93. The Bertz CT molecular complexity index is 542. The van der Waals surface area contributed by atoms with Crippen molar-refractivity contribution in [2.75, 3.05) is 6.61 Å². The standard InChI is InChI=1S/C16H20N2O2/c1-12-17-16(20-18-12)14-7-9-15(10-8-14)19-11-13-5-3-2-4-6-13/h7-10,13H,2-6,11H2,1H3. The summed E-state index contributed by atoms with van der Waals surface area (Å²) in [4.78, 5) is 4.21. The van der Waals surface area contributed by atoms with Gasteiger partial charge in [0.25, 0.3) is 5.89 Å². The average molecular weight is 272 g/mol. The molecule has 4 nitrogen and oxygen atoms in total. The third-order valence-corrected chi connectivity index (χ3v) is 3.84. The van der Waals surface area contributed by atoms with Crippen LogP contribution in [0, 0.1) is 12.8 Å². The summed E-state index contributed by atoms with van der Waals surface area (Å²) in [5.74, 6) is 2.84. The van der Waals surface area contributed by atoms with Gasteiger partial charge in [-0.2, -0.15) is 4.98 Å². The molecule has 0 radical (unpaired) electrons. The maximum atomic E-state index is 5.87. The first kappa shape index (κ1) is 13.2. The molecule has 0 bridgehead atoms. The molecule has 0 spiro atoms. The number of aryl methyl sites for hydroxylation is 1. The molecule has 0 N–H and O–H groups in total. The summed E-state index contributed by atoms with van der Waals surface area (Å²) >= 11 is 0. The second kappa shape index (κ2) is 6.07. The van der Waals surface area contributed by atoms with Crippen LogP contribution in [-0.4, -0.2) is 16.7 Å². The highest BCUT2D eigenvalue weighted by Gasteiger charge is 2.14. The van der Waals surface area contributed by atoms with Gasteiger partial charge < -0.3 is 9.26 Å². The first-order chi connectivity index (χ1) is 9.81. The minimum absolute atomic E-state index is 0.557. The summed E-state index contributed by atoms with van der Waals surface area (Å²) in [7, 11) is 0. The fourth-order valence-electron chi connectivity index (χ4n) is 2.68. The minimum Gasteiger partial charge on any atom is -0.493 e. The van der Waals surface area contributed by atoms with E-state index in [4.69, 9.17) is 9.26 Å². The van der Waals surface area contributed by atoms with Crippen molar-refractivity contribution in [3.8, 4) is 17.2 Å². The van der Waals surface area contributed by atoms with Gasteiger partial charge >= 0.3 is 0 Å². The second-order valence-corrected chi connectivity index (χ2v) is 5.49. The molecule has 3 rings (SSSR count). The molecule has 0 saturated heterocycles. The Kier molecular flexibility index (Phi) is 4.00. The van der Waals surface area contributed by atoms with Crippen LogP contribution < -0.4 is 4.74 Å². The fraction of sp³-hybridized carbons (Fsp3) is 0.500. The molecular weight excluding hydrogens is 252 g/mol. The van der Waals surface area contributed by atoms with Crippen LogP contribution in [0.5, 0.6) is 5.75 Å². The zero-order chi connectivity index (χ0) is 13.8. The lowest BCUT2D eigenvalue weighted by molar-refractivity contribution is 0.209. The van der Waals surface area contributed by atoms with Gasteiger partial charge in [-0.05, 0) is 49.9 Å². The fourth-order valence-corrected chi connectivity index (χ4v) is 2.68. The highest BCUT2D eigenvalue weighted by Crippen LogP contribution is 2.25. The Morgan fingerprint density at radius 1 is 1.15 bits per heavy atom. The summed E-state index contributed by atoms with van der Waals surface area (Å²) in [6.45, 7) is 2.65. The summed E-state index contributed by atoms with van der Waals surface area (Å²) < 4.78 is 11.0. The van der Waals surface area contributed by atoms with E-state index in [-0.39, 0.29) is 0 Å². The van der Waals surface area contributed by atoms with E-state index in [2.05, 4.69) is 10.1 Å². The predicted octanol–water partition coefficient (Wildman–Crippen LogP) is 4.00. The number of nitrogens with zero attached hydrogens (tertiary/aromatic N) is 2. The molecule has 0 amide bonds. The van der Waals surface area contributed by atoms with Crippen molar-refractivity contribution in [3.63, 3.8) is 0 Å². The van der Waals surface area contributed by atoms with Crippen LogP contribution >= 0.6 is 0 Å². The molecule has 1 fully saturated rings. The Morgan fingerprint density at radius 3 is 2.55 bits per heavy atom. The highest BCUT2D eigenvalue weighted by molar-refractivity contribution is 5.54. The molecular formula is C16H20N2O2. The van der Waals surface area contributed by atoms with Crippen LogP contribution in [0.25, 0.3) is 11.5 Å². The van der Waals surface area contributed by atoms with Crippen molar-refractivity contribution >= 4 is 0 Å².